The largest absolute Gasteiger partial charge is 0.483 e. The molecule has 0 atom stereocenters. The second-order valence-corrected chi connectivity index (χ2v) is 10.1. The van der Waals surface area contributed by atoms with Gasteiger partial charge in [-0.15, -0.1) is 11.3 Å². The topological polar surface area (TPSA) is 40.5 Å². The Morgan fingerprint density at radius 2 is 1.76 bits per heavy atom. The van der Waals surface area contributed by atoms with E-state index in [1.165, 1.54) is 51.4 Å². The molecule has 5 heteroatoms. The molecule has 0 aromatic carbocycles. The highest BCUT2D eigenvalue weighted by atomic mass is 32.1. The fourth-order valence-electron chi connectivity index (χ4n) is 3.83. The van der Waals surface area contributed by atoms with E-state index in [9.17, 15) is 0 Å². The van der Waals surface area contributed by atoms with Gasteiger partial charge >= 0.3 is 0 Å². The van der Waals surface area contributed by atoms with Crippen LogP contribution >= 0.6 is 24.2 Å². The quantitative estimate of drug-likeness (QED) is 0.480. The average molecular weight is 386 g/mol. The van der Waals surface area contributed by atoms with Crippen molar-refractivity contribution in [2.75, 3.05) is 14.1 Å². The highest BCUT2D eigenvalue weighted by Gasteiger charge is 2.30. The Labute approximate surface area is 163 Å². The Kier molecular flexibility index (Phi) is 9.54. The highest BCUT2D eigenvalue weighted by Crippen LogP contribution is 2.46. The molecular weight excluding hydrogens is 350 g/mol. The van der Waals surface area contributed by atoms with Crippen molar-refractivity contribution in [3.63, 3.8) is 0 Å². The van der Waals surface area contributed by atoms with Crippen molar-refractivity contribution >= 4 is 30.6 Å². The van der Waals surface area contributed by atoms with Crippen molar-refractivity contribution in [2.24, 2.45) is 5.41 Å². The standard InChI is InChI=1S/C17H26S.C2H7NS.CH2O2/c1-12-14-11-17(2,3)10-9-15(14)18-16(12)13-7-5-4-6-8-13;1-3(2)4;2-1-3/h13H,4-11H2,1-3H3;4H,1-2H3;1H,(H,2,3). The molecule has 3 rings (SSSR count). The fraction of sp³-hybridized carbons (Fsp3) is 0.750. The maximum atomic E-state index is 8.36. The molecule has 1 fully saturated rings. The zero-order valence-corrected chi connectivity index (χ0v) is 18.2. The van der Waals surface area contributed by atoms with E-state index >= 15 is 0 Å². The van der Waals surface area contributed by atoms with Crippen molar-refractivity contribution in [3.05, 3.63) is 20.9 Å². The van der Waals surface area contributed by atoms with Crippen molar-refractivity contribution in [3.8, 4) is 0 Å². The van der Waals surface area contributed by atoms with Gasteiger partial charge in [0.05, 0.1) is 0 Å². The molecule has 2 aliphatic carbocycles. The number of thiol groups is 1. The lowest BCUT2D eigenvalue weighted by Gasteiger charge is -2.29. The molecule has 1 N–H and O–H groups in total. The molecule has 1 heterocycles. The van der Waals surface area contributed by atoms with Crippen LogP contribution in [-0.2, 0) is 17.6 Å². The second kappa shape index (κ2) is 10.6. The van der Waals surface area contributed by atoms with Crippen LogP contribution in [0.4, 0.5) is 0 Å². The van der Waals surface area contributed by atoms with E-state index in [0.717, 1.165) is 5.92 Å². The molecule has 144 valence electrons. The molecule has 0 radical (unpaired) electrons. The first-order valence-corrected chi connectivity index (χ1v) is 10.5. The molecule has 0 unspecified atom stereocenters. The van der Waals surface area contributed by atoms with Crippen LogP contribution in [0.15, 0.2) is 0 Å². The first-order chi connectivity index (χ1) is 11.7. The molecule has 0 bridgehead atoms. The fourth-order valence-corrected chi connectivity index (χ4v) is 5.33. The van der Waals surface area contributed by atoms with Crippen molar-refractivity contribution in [1.82, 2.24) is 4.31 Å². The van der Waals surface area contributed by atoms with Crippen molar-refractivity contribution in [2.45, 2.75) is 78.1 Å². The van der Waals surface area contributed by atoms with Crippen LogP contribution in [0, 0.1) is 12.3 Å². The van der Waals surface area contributed by atoms with Crippen LogP contribution in [-0.4, -0.2) is 30.0 Å². The van der Waals surface area contributed by atoms with E-state index in [2.05, 4.69) is 44.9 Å². The monoisotopic (exact) mass is 385 g/mol. The van der Waals surface area contributed by atoms with E-state index in [-0.39, 0.29) is 6.47 Å². The number of thiophene rings is 1. The van der Waals surface area contributed by atoms with Gasteiger partial charge in [-0.3, -0.25) is 9.10 Å². The number of fused-ring (bicyclic) bond motifs is 1. The number of nitrogens with zero attached hydrogens (tertiary/aromatic N) is 1. The molecule has 1 aromatic rings. The van der Waals surface area contributed by atoms with Gasteiger partial charge in [0.1, 0.15) is 0 Å². The number of hydrogen-bond acceptors (Lipinski definition) is 4. The Balaban J connectivity index is 0.000000386. The van der Waals surface area contributed by atoms with Crippen LogP contribution in [0.3, 0.4) is 0 Å². The van der Waals surface area contributed by atoms with Crippen LogP contribution in [0.5, 0.6) is 0 Å². The summed E-state index contributed by atoms with van der Waals surface area (Å²) in [5, 5.41) is 6.89. The van der Waals surface area contributed by atoms with E-state index in [0.29, 0.717) is 5.41 Å². The summed E-state index contributed by atoms with van der Waals surface area (Å²) >= 11 is 5.97. The molecule has 1 saturated carbocycles. The summed E-state index contributed by atoms with van der Waals surface area (Å²) in [5.41, 5.74) is 3.94. The minimum absolute atomic E-state index is 0.250. The maximum absolute atomic E-state index is 8.36. The Morgan fingerprint density at radius 3 is 2.28 bits per heavy atom. The predicted molar refractivity (Wildman–Crippen MR) is 112 cm³/mol. The minimum atomic E-state index is -0.250. The lowest BCUT2D eigenvalue weighted by atomic mass is 9.75. The number of aryl methyl sites for hydroxylation is 1. The third kappa shape index (κ3) is 7.32. The van der Waals surface area contributed by atoms with Gasteiger partial charge in [-0.1, -0.05) is 45.9 Å². The normalized spacial score (nSPS) is 19.2. The smallest absolute Gasteiger partial charge is 0.290 e. The summed E-state index contributed by atoms with van der Waals surface area (Å²) in [5.74, 6) is 0.900. The van der Waals surface area contributed by atoms with E-state index in [4.69, 9.17) is 9.90 Å². The van der Waals surface area contributed by atoms with Crippen LogP contribution in [0.25, 0.3) is 0 Å². The van der Waals surface area contributed by atoms with Gasteiger partial charge in [-0.05, 0) is 75.6 Å². The average Bonchev–Trinajstić information content (AvgIpc) is 2.84. The minimum Gasteiger partial charge on any atom is -0.483 e. The van der Waals surface area contributed by atoms with Gasteiger partial charge in [0, 0.05) is 9.75 Å². The van der Waals surface area contributed by atoms with Gasteiger partial charge in [-0.25, -0.2) is 0 Å². The molecular formula is C20H35NO2S2. The van der Waals surface area contributed by atoms with E-state index in [1.807, 2.05) is 14.1 Å². The van der Waals surface area contributed by atoms with Crippen molar-refractivity contribution < 1.29 is 9.90 Å². The van der Waals surface area contributed by atoms with Gasteiger partial charge in [-0.2, -0.15) is 0 Å². The molecule has 0 saturated heterocycles. The predicted octanol–water partition coefficient (Wildman–Crippen LogP) is 5.71. The first kappa shape index (κ1) is 22.5. The Bertz CT molecular complexity index is 529. The molecule has 1 aromatic heterocycles. The summed E-state index contributed by atoms with van der Waals surface area (Å²) in [6, 6.07) is 0. The number of carboxylic acid groups (broad SMARTS) is 1. The zero-order valence-electron chi connectivity index (χ0n) is 16.5. The number of hydrogen-bond donors (Lipinski definition) is 2. The van der Waals surface area contributed by atoms with Gasteiger partial charge in [0.2, 0.25) is 0 Å². The van der Waals surface area contributed by atoms with E-state index < -0.39 is 0 Å². The molecule has 2 aliphatic rings. The van der Waals surface area contributed by atoms with E-state index in [1.54, 1.807) is 25.2 Å². The summed E-state index contributed by atoms with van der Waals surface area (Å²) in [6.07, 6.45) is 11.3. The molecule has 0 aliphatic heterocycles. The SMILES string of the molecule is CN(C)S.Cc1c(C2CCCCC2)sc2c1CC(C)(C)CC2.O=CO. The lowest BCUT2D eigenvalue weighted by Crippen LogP contribution is -2.21. The first-order valence-electron chi connectivity index (χ1n) is 9.27. The van der Waals surface area contributed by atoms with Crippen molar-refractivity contribution in [1.29, 1.82) is 0 Å². The van der Waals surface area contributed by atoms with Crippen LogP contribution < -0.4 is 0 Å². The number of carbonyl (C=O) groups is 1. The lowest BCUT2D eigenvalue weighted by molar-refractivity contribution is -0.122. The molecule has 25 heavy (non-hydrogen) atoms. The molecule has 3 nitrogen and oxygen atoms in total. The summed E-state index contributed by atoms with van der Waals surface area (Å²) < 4.78 is 1.69. The second-order valence-electron chi connectivity index (χ2n) is 8.12. The van der Waals surface area contributed by atoms with Crippen LogP contribution in [0.2, 0.25) is 0 Å². The Morgan fingerprint density at radius 1 is 1.24 bits per heavy atom. The summed E-state index contributed by atoms with van der Waals surface area (Å²) in [6.45, 7) is 7.03. The van der Waals surface area contributed by atoms with Gasteiger partial charge < -0.3 is 5.11 Å². The summed E-state index contributed by atoms with van der Waals surface area (Å²) in [7, 11) is 3.73. The third-order valence-electron chi connectivity index (χ3n) is 5.05. The van der Waals surface area contributed by atoms with Crippen LogP contribution in [0.1, 0.15) is 79.2 Å². The maximum Gasteiger partial charge on any atom is 0.290 e. The third-order valence-corrected chi connectivity index (χ3v) is 6.61. The zero-order chi connectivity index (χ0) is 19.0. The Hall–Kier alpha value is -0.520. The number of rotatable bonds is 1. The molecule has 0 spiro atoms. The molecule has 0 amide bonds. The van der Waals surface area contributed by atoms with Gasteiger partial charge in [0.25, 0.3) is 6.47 Å². The highest BCUT2D eigenvalue weighted by molar-refractivity contribution is 7.77. The van der Waals surface area contributed by atoms with Gasteiger partial charge in [0.15, 0.2) is 0 Å². The summed E-state index contributed by atoms with van der Waals surface area (Å²) in [4.78, 5) is 11.9.